The molecule has 0 aliphatic heterocycles. The minimum atomic E-state index is 0.349. The third-order valence-corrected chi connectivity index (χ3v) is 4.45. The van der Waals surface area contributed by atoms with Crippen molar-refractivity contribution < 1.29 is 0 Å². The Balaban J connectivity index is 2.22. The average Bonchev–Trinajstić information content (AvgIpc) is 2.44. The minimum Gasteiger partial charge on any atom is -0.310 e. The zero-order valence-corrected chi connectivity index (χ0v) is 15.7. The van der Waals surface area contributed by atoms with Crippen LogP contribution in [0, 0.1) is 6.92 Å². The molecule has 3 heteroatoms. The number of aryl methyl sites for hydroxylation is 1. The Morgan fingerprint density at radius 2 is 1.71 bits per heavy atom. The van der Waals surface area contributed by atoms with Gasteiger partial charge in [-0.25, -0.2) is 0 Å². The van der Waals surface area contributed by atoms with Crippen molar-refractivity contribution in [1.29, 1.82) is 0 Å². The van der Waals surface area contributed by atoms with Crippen molar-refractivity contribution >= 4 is 31.9 Å². The van der Waals surface area contributed by atoms with Gasteiger partial charge in [0, 0.05) is 15.0 Å². The van der Waals surface area contributed by atoms with Crippen molar-refractivity contribution in [2.75, 3.05) is 6.54 Å². The average molecular weight is 411 g/mol. The van der Waals surface area contributed by atoms with E-state index in [1.54, 1.807) is 0 Å². The van der Waals surface area contributed by atoms with Crippen LogP contribution in [0.3, 0.4) is 0 Å². The summed E-state index contributed by atoms with van der Waals surface area (Å²) in [7, 11) is 0. The third kappa shape index (κ3) is 5.24. The van der Waals surface area contributed by atoms with Gasteiger partial charge in [0.05, 0.1) is 0 Å². The Morgan fingerprint density at radius 1 is 1.00 bits per heavy atom. The Hall–Kier alpha value is -0.640. The summed E-state index contributed by atoms with van der Waals surface area (Å²) in [6.07, 6.45) is 2.15. The zero-order chi connectivity index (χ0) is 15.2. The summed E-state index contributed by atoms with van der Waals surface area (Å²) >= 11 is 7.11. The predicted octanol–water partition coefficient (Wildman–Crippen LogP) is 5.80. The summed E-state index contributed by atoms with van der Waals surface area (Å²) in [6, 6.07) is 15.6. The van der Waals surface area contributed by atoms with Crippen LogP contribution in [0.1, 0.15) is 36.1 Å². The molecule has 1 atom stereocenters. The number of nitrogens with one attached hydrogen (secondary N) is 1. The van der Waals surface area contributed by atoms with Gasteiger partial charge in [-0.2, -0.15) is 0 Å². The second kappa shape index (κ2) is 8.11. The Bertz CT molecular complexity index is 558. The first-order valence-electron chi connectivity index (χ1n) is 7.33. The van der Waals surface area contributed by atoms with E-state index in [1.807, 2.05) is 0 Å². The van der Waals surface area contributed by atoms with E-state index < -0.39 is 0 Å². The first-order chi connectivity index (χ1) is 10.1. The van der Waals surface area contributed by atoms with E-state index in [9.17, 15) is 0 Å². The number of halogens is 2. The van der Waals surface area contributed by atoms with E-state index in [4.69, 9.17) is 0 Å². The van der Waals surface area contributed by atoms with Gasteiger partial charge in [-0.3, -0.25) is 0 Å². The largest absolute Gasteiger partial charge is 0.310 e. The molecule has 0 aliphatic rings. The van der Waals surface area contributed by atoms with Gasteiger partial charge in [-0.05, 0) is 67.3 Å². The molecule has 0 heterocycles. The standard InChI is InChI=1S/C18H21Br2N/c1-3-8-21-18(11-14-4-6-16(19)7-5-14)15-9-13(2)10-17(20)12-15/h4-7,9-10,12,18,21H,3,8,11H2,1-2H3. The van der Waals surface area contributed by atoms with Crippen LogP contribution in [0.4, 0.5) is 0 Å². The number of benzene rings is 2. The molecule has 2 aromatic rings. The first-order valence-corrected chi connectivity index (χ1v) is 8.92. The number of rotatable bonds is 6. The van der Waals surface area contributed by atoms with Gasteiger partial charge in [0.2, 0.25) is 0 Å². The molecular formula is C18H21Br2N. The van der Waals surface area contributed by atoms with E-state index in [1.165, 1.54) is 16.7 Å². The first kappa shape index (κ1) is 16.7. The Morgan fingerprint density at radius 3 is 2.33 bits per heavy atom. The maximum absolute atomic E-state index is 3.67. The van der Waals surface area contributed by atoms with Gasteiger partial charge in [-0.1, -0.05) is 57.0 Å². The monoisotopic (exact) mass is 409 g/mol. The summed E-state index contributed by atoms with van der Waals surface area (Å²) in [6.45, 7) is 5.38. The van der Waals surface area contributed by atoms with E-state index in [0.29, 0.717) is 6.04 Å². The van der Waals surface area contributed by atoms with Crippen molar-refractivity contribution in [3.8, 4) is 0 Å². The van der Waals surface area contributed by atoms with Crippen molar-refractivity contribution in [3.05, 3.63) is 68.1 Å². The highest BCUT2D eigenvalue weighted by molar-refractivity contribution is 9.10. The molecule has 0 aromatic heterocycles. The molecule has 0 radical (unpaired) electrons. The molecule has 21 heavy (non-hydrogen) atoms. The van der Waals surface area contributed by atoms with E-state index in [2.05, 4.69) is 93.5 Å². The molecule has 0 saturated heterocycles. The van der Waals surface area contributed by atoms with Gasteiger partial charge >= 0.3 is 0 Å². The molecular weight excluding hydrogens is 390 g/mol. The van der Waals surface area contributed by atoms with Crippen LogP contribution in [0.5, 0.6) is 0 Å². The molecule has 0 amide bonds. The van der Waals surface area contributed by atoms with Crippen molar-refractivity contribution in [2.45, 2.75) is 32.7 Å². The highest BCUT2D eigenvalue weighted by atomic mass is 79.9. The summed E-state index contributed by atoms with van der Waals surface area (Å²) in [5.41, 5.74) is 3.99. The molecule has 1 unspecified atom stereocenters. The lowest BCUT2D eigenvalue weighted by atomic mass is 9.97. The zero-order valence-electron chi connectivity index (χ0n) is 12.5. The van der Waals surface area contributed by atoms with Crippen LogP contribution in [0.15, 0.2) is 51.4 Å². The molecule has 0 fully saturated rings. The van der Waals surface area contributed by atoms with E-state index >= 15 is 0 Å². The second-order valence-corrected chi connectivity index (χ2v) is 7.23. The van der Waals surface area contributed by atoms with Gasteiger partial charge in [0.1, 0.15) is 0 Å². The molecule has 1 nitrogen and oxygen atoms in total. The Labute approximate surface area is 144 Å². The lowest BCUT2D eigenvalue weighted by molar-refractivity contribution is 0.529. The van der Waals surface area contributed by atoms with Crippen LogP contribution >= 0.6 is 31.9 Å². The SMILES string of the molecule is CCCNC(Cc1ccc(Br)cc1)c1cc(C)cc(Br)c1. The molecule has 112 valence electrons. The van der Waals surface area contributed by atoms with Crippen molar-refractivity contribution in [1.82, 2.24) is 5.32 Å². The molecule has 1 N–H and O–H groups in total. The Kier molecular flexibility index (Phi) is 6.46. The van der Waals surface area contributed by atoms with Crippen LogP contribution in [0.25, 0.3) is 0 Å². The van der Waals surface area contributed by atoms with E-state index in [0.717, 1.165) is 28.3 Å². The van der Waals surface area contributed by atoms with Crippen LogP contribution in [-0.4, -0.2) is 6.54 Å². The lowest BCUT2D eigenvalue weighted by Crippen LogP contribution is -2.24. The molecule has 0 spiro atoms. The lowest BCUT2D eigenvalue weighted by Gasteiger charge is -2.20. The highest BCUT2D eigenvalue weighted by Crippen LogP contribution is 2.24. The van der Waals surface area contributed by atoms with Gasteiger partial charge in [-0.15, -0.1) is 0 Å². The third-order valence-electron chi connectivity index (χ3n) is 3.46. The smallest absolute Gasteiger partial charge is 0.0361 e. The van der Waals surface area contributed by atoms with E-state index in [-0.39, 0.29) is 0 Å². The second-order valence-electron chi connectivity index (χ2n) is 5.40. The highest BCUT2D eigenvalue weighted by Gasteiger charge is 2.12. The minimum absolute atomic E-state index is 0.349. The van der Waals surface area contributed by atoms with Crippen LogP contribution in [-0.2, 0) is 6.42 Å². The summed E-state index contributed by atoms with van der Waals surface area (Å²) in [4.78, 5) is 0. The fourth-order valence-electron chi connectivity index (χ4n) is 2.45. The fourth-order valence-corrected chi connectivity index (χ4v) is 3.34. The summed E-state index contributed by atoms with van der Waals surface area (Å²) in [5, 5.41) is 3.67. The number of hydrogen-bond acceptors (Lipinski definition) is 1. The summed E-state index contributed by atoms with van der Waals surface area (Å²) in [5.74, 6) is 0. The predicted molar refractivity (Wildman–Crippen MR) is 97.8 cm³/mol. The van der Waals surface area contributed by atoms with Crippen molar-refractivity contribution in [2.24, 2.45) is 0 Å². The van der Waals surface area contributed by atoms with Crippen LogP contribution in [0.2, 0.25) is 0 Å². The summed E-state index contributed by atoms with van der Waals surface area (Å²) < 4.78 is 2.28. The molecule has 0 bridgehead atoms. The van der Waals surface area contributed by atoms with Gasteiger partial charge < -0.3 is 5.32 Å². The maximum Gasteiger partial charge on any atom is 0.0361 e. The topological polar surface area (TPSA) is 12.0 Å². The molecule has 2 aromatic carbocycles. The molecule has 2 rings (SSSR count). The normalized spacial score (nSPS) is 12.4. The molecule has 0 aliphatic carbocycles. The maximum atomic E-state index is 3.67. The van der Waals surface area contributed by atoms with Gasteiger partial charge in [0.25, 0.3) is 0 Å². The van der Waals surface area contributed by atoms with Crippen molar-refractivity contribution in [3.63, 3.8) is 0 Å². The quantitative estimate of drug-likeness (QED) is 0.634. The molecule has 0 saturated carbocycles. The van der Waals surface area contributed by atoms with Crippen LogP contribution < -0.4 is 5.32 Å². The fraction of sp³-hybridized carbons (Fsp3) is 0.333. The van der Waals surface area contributed by atoms with Gasteiger partial charge in [0.15, 0.2) is 0 Å². The number of hydrogen-bond donors (Lipinski definition) is 1.